The molecule has 0 aliphatic heterocycles. The maximum atomic E-state index is 5.63. The number of rotatable bonds is 4. The lowest BCUT2D eigenvalue weighted by Crippen LogP contribution is -2.24. The molecule has 4 heteroatoms. The van der Waals surface area contributed by atoms with Gasteiger partial charge in [-0.1, -0.05) is 19.9 Å². The summed E-state index contributed by atoms with van der Waals surface area (Å²) < 4.78 is 0. The average molecular weight is 247 g/mol. The van der Waals surface area contributed by atoms with Crippen LogP contribution in [0.5, 0.6) is 0 Å². The molecule has 0 aromatic carbocycles. The summed E-state index contributed by atoms with van der Waals surface area (Å²) in [6.07, 6.45) is 2.72. The Labute approximate surface area is 106 Å². The quantitative estimate of drug-likeness (QED) is 0.904. The maximum Gasteiger partial charge on any atom is 0.134 e. The zero-order chi connectivity index (χ0) is 12.3. The Kier molecular flexibility index (Phi) is 3.54. The van der Waals surface area contributed by atoms with Crippen LogP contribution in [0.2, 0.25) is 0 Å². The van der Waals surface area contributed by atoms with Crippen LogP contribution in [0.25, 0.3) is 10.6 Å². The van der Waals surface area contributed by atoms with E-state index in [0.717, 1.165) is 17.9 Å². The summed E-state index contributed by atoms with van der Waals surface area (Å²) in [5.41, 5.74) is 6.56. The van der Waals surface area contributed by atoms with Crippen LogP contribution in [-0.4, -0.2) is 16.5 Å². The van der Waals surface area contributed by atoms with Gasteiger partial charge in [-0.15, -0.1) is 11.3 Å². The minimum absolute atomic E-state index is 0.0674. The van der Waals surface area contributed by atoms with Crippen LogP contribution >= 0.6 is 11.3 Å². The van der Waals surface area contributed by atoms with Gasteiger partial charge >= 0.3 is 0 Å². The molecule has 0 radical (unpaired) electrons. The van der Waals surface area contributed by atoms with Crippen molar-refractivity contribution in [2.75, 3.05) is 6.54 Å². The van der Waals surface area contributed by atoms with E-state index in [2.05, 4.69) is 35.3 Å². The Hall–Kier alpha value is -1.26. The molecular weight excluding hydrogens is 230 g/mol. The molecule has 0 amide bonds. The molecule has 0 aliphatic rings. The molecule has 2 aromatic heterocycles. The van der Waals surface area contributed by atoms with E-state index < -0.39 is 0 Å². The van der Waals surface area contributed by atoms with Gasteiger partial charge in [0.15, 0.2) is 0 Å². The summed E-state index contributed by atoms with van der Waals surface area (Å²) in [4.78, 5) is 10.2. The van der Waals surface area contributed by atoms with Gasteiger partial charge in [0.05, 0.1) is 10.6 Å². The van der Waals surface area contributed by atoms with Gasteiger partial charge in [0.2, 0.25) is 0 Å². The normalized spacial score (nSPS) is 11.7. The number of hydrogen-bond acceptors (Lipinski definition) is 4. The van der Waals surface area contributed by atoms with Crippen molar-refractivity contribution in [3.8, 4) is 10.6 Å². The molecule has 0 unspecified atom stereocenters. The fraction of sp³-hybridized carbons (Fsp3) is 0.385. The van der Waals surface area contributed by atoms with Gasteiger partial charge in [0, 0.05) is 11.6 Å². The highest BCUT2D eigenvalue weighted by Crippen LogP contribution is 2.27. The number of nitrogens with two attached hydrogens (primary N) is 1. The largest absolute Gasteiger partial charge is 0.330 e. The first kappa shape index (κ1) is 12.2. The second kappa shape index (κ2) is 4.94. The summed E-state index contributed by atoms with van der Waals surface area (Å²) in [6.45, 7) is 4.92. The molecule has 17 heavy (non-hydrogen) atoms. The lowest BCUT2D eigenvalue weighted by molar-refractivity contribution is 0.457. The van der Waals surface area contributed by atoms with Crippen molar-refractivity contribution in [2.45, 2.75) is 25.7 Å². The van der Waals surface area contributed by atoms with Crippen LogP contribution in [0, 0.1) is 0 Å². The van der Waals surface area contributed by atoms with Gasteiger partial charge in [0.1, 0.15) is 5.82 Å². The Balaban J connectivity index is 2.35. The molecular formula is C13H17N3S. The number of hydrogen-bond donors (Lipinski definition) is 1. The molecule has 0 spiro atoms. The SMILES string of the molecule is CC(C)(CCN)c1nccc(-c2cccs2)n1. The zero-order valence-electron chi connectivity index (χ0n) is 10.2. The highest BCUT2D eigenvalue weighted by molar-refractivity contribution is 7.13. The molecule has 0 bridgehead atoms. The van der Waals surface area contributed by atoms with Gasteiger partial charge in [-0.05, 0) is 30.5 Å². The Bertz CT molecular complexity index is 477. The first-order chi connectivity index (χ1) is 8.13. The number of thiophene rings is 1. The average Bonchev–Trinajstić information content (AvgIpc) is 2.82. The molecule has 2 N–H and O–H groups in total. The van der Waals surface area contributed by atoms with E-state index in [1.165, 1.54) is 4.88 Å². The molecule has 90 valence electrons. The molecule has 2 aromatic rings. The Morgan fingerprint density at radius 3 is 2.82 bits per heavy atom. The van der Waals surface area contributed by atoms with E-state index >= 15 is 0 Å². The molecule has 0 atom stereocenters. The van der Waals surface area contributed by atoms with Gasteiger partial charge in [-0.25, -0.2) is 9.97 Å². The van der Waals surface area contributed by atoms with Gasteiger partial charge in [-0.3, -0.25) is 0 Å². The fourth-order valence-electron chi connectivity index (χ4n) is 1.72. The van der Waals surface area contributed by atoms with Crippen LogP contribution in [0.4, 0.5) is 0 Å². The molecule has 0 saturated heterocycles. The summed E-state index contributed by atoms with van der Waals surface area (Å²) in [6, 6.07) is 6.06. The van der Waals surface area contributed by atoms with Crippen LogP contribution in [-0.2, 0) is 5.41 Å². The van der Waals surface area contributed by atoms with E-state index in [0.29, 0.717) is 6.54 Å². The van der Waals surface area contributed by atoms with Crippen LogP contribution in [0.3, 0.4) is 0 Å². The lowest BCUT2D eigenvalue weighted by atomic mass is 9.88. The van der Waals surface area contributed by atoms with Crippen LogP contribution in [0.1, 0.15) is 26.1 Å². The Morgan fingerprint density at radius 1 is 1.35 bits per heavy atom. The highest BCUT2D eigenvalue weighted by atomic mass is 32.1. The molecule has 0 fully saturated rings. The first-order valence-corrected chi connectivity index (χ1v) is 6.59. The highest BCUT2D eigenvalue weighted by Gasteiger charge is 2.23. The third-order valence-electron chi connectivity index (χ3n) is 2.80. The third kappa shape index (κ3) is 2.70. The predicted molar refractivity (Wildman–Crippen MR) is 72.0 cm³/mol. The van der Waals surface area contributed by atoms with Crippen molar-refractivity contribution < 1.29 is 0 Å². The van der Waals surface area contributed by atoms with Crippen LogP contribution < -0.4 is 5.73 Å². The lowest BCUT2D eigenvalue weighted by Gasteiger charge is -2.22. The van der Waals surface area contributed by atoms with E-state index in [9.17, 15) is 0 Å². The molecule has 2 heterocycles. The smallest absolute Gasteiger partial charge is 0.134 e. The van der Waals surface area contributed by atoms with E-state index in [4.69, 9.17) is 5.73 Å². The van der Waals surface area contributed by atoms with Gasteiger partial charge < -0.3 is 5.73 Å². The minimum atomic E-state index is -0.0674. The van der Waals surface area contributed by atoms with Crippen molar-refractivity contribution >= 4 is 11.3 Å². The molecule has 0 aliphatic carbocycles. The predicted octanol–water partition coefficient (Wildman–Crippen LogP) is 2.83. The summed E-state index contributed by atoms with van der Waals surface area (Å²) in [5, 5.41) is 2.06. The fourth-order valence-corrected chi connectivity index (χ4v) is 2.41. The topological polar surface area (TPSA) is 51.8 Å². The molecule has 2 rings (SSSR count). The number of nitrogens with zero attached hydrogens (tertiary/aromatic N) is 2. The van der Waals surface area contributed by atoms with Crippen molar-refractivity contribution in [3.05, 3.63) is 35.6 Å². The second-order valence-corrected chi connectivity index (χ2v) is 5.61. The summed E-state index contributed by atoms with van der Waals surface area (Å²) in [5.74, 6) is 0.869. The van der Waals surface area contributed by atoms with Crippen molar-refractivity contribution in [1.82, 2.24) is 9.97 Å². The van der Waals surface area contributed by atoms with Crippen molar-refractivity contribution in [1.29, 1.82) is 0 Å². The second-order valence-electron chi connectivity index (χ2n) is 4.67. The standard InChI is InChI=1S/C13H17N3S/c1-13(2,6-7-14)12-15-8-5-10(16-12)11-4-3-9-17-11/h3-5,8-9H,6-7,14H2,1-2H3. The monoisotopic (exact) mass is 247 g/mol. The van der Waals surface area contributed by atoms with Crippen LogP contribution in [0.15, 0.2) is 29.8 Å². The van der Waals surface area contributed by atoms with E-state index in [1.54, 1.807) is 11.3 Å². The summed E-state index contributed by atoms with van der Waals surface area (Å²) >= 11 is 1.69. The van der Waals surface area contributed by atoms with Gasteiger partial charge in [-0.2, -0.15) is 0 Å². The first-order valence-electron chi connectivity index (χ1n) is 5.71. The maximum absolute atomic E-state index is 5.63. The molecule has 3 nitrogen and oxygen atoms in total. The third-order valence-corrected chi connectivity index (χ3v) is 3.70. The minimum Gasteiger partial charge on any atom is -0.330 e. The van der Waals surface area contributed by atoms with Gasteiger partial charge in [0.25, 0.3) is 0 Å². The van der Waals surface area contributed by atoms with Crippen molar-refractivity contribution in [2.24, 2.45) is 5.73 Å². The van der Waals surface area contributed by atoms with E-state index in [-0.39, 0.29) is 5.41 Å². The Morgan fingerprint density at radius 2 is 2.18 bits per heavy atom. The number of aromatic nitrogens is 2. The van der Waals surface area contributed by atoms with Crippen molar-refractivity contribution in [3.63, 3.8) is 0 Å². The zero-order valence-corrected chi connectivity index (χ0v) is 11.0. The molecule has 0 saturated carbocycles. The summed E-state index contributed by atoms with van der Waals surface area (Å²) in [7, 11) is 0. The van der Waals surface area contributed by atoms with E-state index in [1.807, 2.05) is 18.3 Å².